The SMILES string of the molecule is CCNC(=NCC(CC)CC)NCCNC(=O)c1ccccc1Cl.I. The Bertz CT molecular complexity index is 536. The molecule has 0 heterocycles. The lowest BCUT2D eigenvalue weighted by molar-refractivity contribution is 0.0954. The van der Waals surface area contributed by atoms with Gasteiger partial charge in [-0.25, -0.2) is 0 Å². The van der Waals surface area contributed by atoms with Crippen molar-refractivity contribution in [2.24, 2.45) is 10.9 Å². The van der Waals surface area contributed by atoms with Crippen molar-refractivity contribution >= 4 is 47.4 Å². The molecule has 0 saturated carbocycles. The summed E-state index contributed by atoms with van der Waals surface area (Å²) in [6.45, 7) is 9.13. The first-order valence-corrected chi connectivity index (χ1v) is 9.04. The van der Waals surface area contributed by atoms with E-state index < -0.39 is 0 Å². The third kappa shape index (κ3) is 9.30. The van der Waals surface area contributed by atoms with Crippen LogP contribution in [0.2, 0.25) is 5.02 Å². The lowest BCUT2D eigenvalue weighted by Gasteiger charge is -2.14. The summed E-state index contributed by atoms with van der Waals surface area (Å²) in [5.41, 5.74) is 0.494. The van der Waals surface area contributed by atoms with Gasteiger partial charge in [-0.05, 0) is 25.0 Å². The van der Waals surface area contributed by atoms with Crippen molar-refractivity contribution in [3.8, 4) is 0 Å². The lowest BCUT2D eigenvalue weighted by atomic mass is 10.0. The van der Waals surface area contributed by atoms with Gasteiger partial charge in [0, 0.05) is 26.2 Å². The van der Waals surface area contributed by atoms with Crippen LogP contribution in [0.25, 0.3) is 0 Å². The average molecular weight is 481 g/mol. The van der Waals surface area contributed by atoms with E-state index in [0.29, 0.717) is 29.6 Å². The van der Waals surface area contributed by atoms with Crippen molar-refractivity contribution in [3.05, 3.63) is 34.9 Å². The quantitative estimate of drug-likeness (QED) is 0.219. The van der Waals surface area contributed by atoms with Gasteiger partial charge in [0.15, 0.2) is 5.96 Å². The monoisotopic (exact) mass is 480 g/mol. The molecule has 7 heteroatoms. The van der Waals surface area contributed by atoms with Crippen molar-refractivity contribution in [3.63, 3.8) is 0 Å². The van der Waals surface area contributed by atoms with E-state index in [0.717, 1.165) is 31.9 Å². The number of carbonyl (C=O) groups is 1. The van der Waals surface area contributed by atoms with Crippen molar-refractivity contribution in [2.75, 3.05) is 26.2 Å². The molecule has 0 aliphatic rings. The zero-order valence-electron chi connectivity index (χ0n) is 15.3. The zero-order valence-corrected chi connectivity index (χ0v) is 18.4. The van der Waals surface area contributed by atoms with E-state index in [1.807, 2.05) is 6.92 Å². The van der Waals surface area contributed by atoms with E-state index in [1.54, 1.807) is 24.3 Å². The molecule has 0 aliphatic heterocycles. The highest BCUT2D eigenvalue weighted by Gasteiger charge is 2.08. The Labute approximate surface area is 173 Å². The number of rotatable bonds is 9. The second kappa shape index (κ2) is 14.2. The molecule has 0 radical (unpaired) electrons. The predicted octanol–water partition coefficient (Wildman–Crippen LogP) is 3.68. The normalized spacial score (nSPS) is 11.0. The van der Waals surface area contributed by atoms with Crippen molar-refractivity contribution in [1.82, 2.24) is 16.0 Å². The van der Waals surface area contributed by atoms with Crippen molar-refractivity contribution < 1.29 is 4.79 Å². The number of hydrogen-bond acceptors (Lipinski definition) is 2. The van der Waals surface area contributed by atoms with Gasteiger partial charge in [0.1, 0.15) is 0 Å². The molecular formula is C18H30ClIN4O. The Balaban J connectivity index is 0.00000576. The van der Waals surface area contributed by atoms with Gasteiger partial charge in [-0.2, -0.15) is 0 Å². The van der Waals surface area contributed by atoms with Crippen LogP contribution in [0.5, 0.6) is 0 Å². The smallest absolute Gasteiger partial charge is 0.252 e. The third-order valence-electron chi connectivity index (χ3n) is 3.83. The molecule has 5 nitrogen and oxygen atoms in total. The minimum Gasteiger partial charge on any atom is -0.357 e. The van der Waals surface area contributed by atoms with Gasteiger partial charge in [-0.1, -0.05) is 50.4 Å². The van der Waals surface area contributed by atoms with Gasteiger partial charge >= 0.3 is 0 Å². The Kier molecular flexibility index (Phi) is 13.6. The molecule has 1 rings (SSSR count). The molecule has 1 amide bonds. The number of hydrogen-bond donors (Lipinski definition) is 3. The number of benzene rings is 1. The summed E-state index contributed by atoms with van der Waals surface area (Å²) in [5, 5.41) is 9.77. The molecule has 0 aliphatic carbocycles. The summed E-state index contributed by atoms with van der Waals surface area (Å²) in [6.07, 6.45) is 2.26. The first kappa shape index (κ1) is 24.0. The Morgan fingerprint density at radius 3 is 2.32 bits per heavy atom. The van der Waals surface area contributed by atoms with Gasteiger partial charge in [-0.15, -0.1) is 24.0 Å². The largest absolute Gasteiger partial charge is 0.357 e. The van der Waals surface area contributed by atoms with E-state index in [2.05, 4.69) is 34.8 Å². The van der Waals surface area contributed by atoms with Gasteiger partial charge < -0.3 is 16.0 Å². The lowest BCUT2D eigenvalue weighted by Crippen LogP contribution is -2.41. The summed E-state index contributed by atoms with van der Waals surface area (Å²) < 4.78 is 0. The number of amides is 1. The first-order chi connectivity index (χ1) is 11.6. The molecule has 0 spiro atoms. The zero-order chi connectivity index (χ0) is 17.8. The van der Waals surface area contributed by atoms with Gasteiger partial charge in [0.05, 0.1) is 10.6 Å². The molecule has 25 heavy (non-hydrogen) atoms. The molecule has 0 fully saturated rings. The van der Waals surface area contributed by atoms with Gasteiger partial charge in [0.2, 0.25) is 0 Å². The maximum atomic E-state index is 12.1. The molecular weight excluding hydrogens is 451 g/mol. The fourth-order valence-corrected chi connectivity index (χ4v) is 2.43. The molecule has 1 aromatic carbocycles. The summed E-state index contributed by atoms with van der Waals surface area (Å²) in [5.74, 6) is 1.23. The van der Waals surface area contributed by atoms with Gasteiger partial charge in [0.25, 0.3) is 5.91 Å². The minimum atomic E-state index is -0.165. The maximum absolute atomic E-state index is 12.1. The molecule has 0 saturated heterocycles. The van der Waals surface area contributed by atoms with E-state index in [9.17, 15) is 4.79 Å². The van der Waals surface area contributed by atoms with Crippen molar-refractivity contribution in [2.45, 2.75) is 33.6 Å². The third-order valence-corrected chi connectivity index (χ3v) is 4.16. The number of carbonyl (C=O) groups excluding carboxylic acids is 1. The van der Waals surface area contributed by atoms with E-state index in [-0.39, 0.29) is 29.9 Å². The number of halogens is 2. The summed E-state index contributed by atoms with van der Waals surface area (Å²) in [6, 6.07) is 7.03. The Hall–Kier alpha value is -1.02. The molecule has 0 atom stereocenters. The minimum absolute atomic E-state index is 0. The van der Waals surface area contributed by atoms with Crippen molar-refractivity contribution in [1.29, 1.82) is 0 Å². The van der Waals surface area contributed by atoms with Crippen LogP contribution in [-0.4, -0.2) is 38.0 Å². The Morgan fingerprint density at radius 2 is 1.72 bits per heavy atom. The summed E-state index contributed by atoms with van der Waals surface area (Å²) in [4.78, 5) is 16.7. The fourth-order valence-electron chi connectivity index (χ4n) is 2.21. The van der Waals surface area contributed by atoms with E-state index >= 15 is 0 Å². The van der Waals surface area contributed by atoms with Crippen LogP contribution in [0.4, 0.5) is 0 Å². The topological polar surface area (TPSA) is 65.5 Å². The van der Waals surface area contributed by atoms with E-state index in [1.165, 1.54) is 0 Å². The second-order valence-electron chi connectivity index (χ2n) is 5.56. The molecule has 0 unspecified atom stereocenters. The van der Waals surface area contributed by atoms with Crippen LogP contribution >= 0.6 is 35.6 Å². The Morgan fingerprint density at radius 1 is 1.08 bits per heavy atom. The first-order valence-electron chi connectivity index (χ1n) is 8.67. The van der Waals surface area contributed by atoms with Gasteiger partial charge in [-0.3, -0.25) is 9.79 Å². The molecule has 0 bridgehead atoms. The number of guanidine groups is 1. The summed E-state index contributed by atoms with van der Waals surface area (Å²) >= 11 is 6.02. The second-order valence-corrected chi connectivity index (χ2v) is 5.97. The highest BCUT2D eigenvalue weighted by Crippen LogP contribution is 2.14. The molecule has 0 aromatic heterocycles. The average Bonchev–Trinajstić information content (AvgIpc) is 2.59. The number of aliphatic imine (C=N–C) groups is 1. The molecule has 3 N–H and O–H groups in total. The molecule has 1 aromatic rings. The van der Waals surface area contributed by atoms with Crippen LogP contribution in [0.1, 0.15) is 44.0 Å². The highest BCUT2D eigenvalue weighted by molar-refractivity contribution is 14.0. The van der Waals surface area contributed by atoms with Crippen LogP contribution in [0.3, 0.4) is 0 Å². The molecule has 142 valence electrons. The standard InChI is InChI=1S/C18H29ClN4O.HI/c1-4-14(5-2)13-23-18(20-6-3)22-12-11-21-17(24)15-9-7-8-10-16(15)19;/h7-10,14H,4-6,11-13H2,1-3H3,(H,21,24)(H2,20,22,23);1H. The number of nitrogens with zero attached hydrogens (tertiary/aromatic N) is 1. The van der Waals surface area contributed by atoms with Crippen LogP contribution < -0.4 is 16.0 Å². The van der Waals surface area contributed by atoms with Crippen LogP contribution in [-0.2, 0) is 0 Å². The fraction of sp³-hybridized carbons (Fsp3) is 0.556. The van der Waals surface area contributed by atoms with Crippen LogP contribution in [0, 0.1) is 5.92 Å². The number of nitrogens with one attached hydrogen (secondary N) is 3. The predicted molar refractivity (Wildman–Crippen MR) is 117 cm³/mol. The summed E-state index contributed by atoms with van der Waals surface area (Å²) in [7, 11) is 0. The van der Waals surface area contributed by atoms with Crippen LogP contribution in [0.15, 0.2) is 29.3 Å². The van der Waals surface area contributed by atoms with E-state index in [4.69, 9.17) is 11.6 Å². The highest BCUT2D eigenvalue weighted by atomic mass is 127. The maximum Gasteiger partial charge on any atom is 0.252 e.